The molecule has 0 atom stereocenters. The third kappa shape index (κ3) is 5.40. The second-order valence-corrected chi connectivity index (χ2v) is 4.57. The van der Waals surface area contributed by atoms with Gasteiger partial charge < -0.3 is 15.0 Å². The van der Waals surface area contributed by atoms with Crippen LogP contribution in [-0.2, 0) is 9.53 Å². The van der Waals surface area contributed by atoms with Crippen molar-refractivity contribution in [1.82, 2.24) is 4.90 Å². The highest BCUT2D eigenvalue weighted by Gasteiger charge is 2.06. The van der Waals surface area contributed by atoms with Gasteiger partial charge in [0.15, 0.2) is 0 Å². The van der Waals surface area contributed by atoms with Crippen molar-refractivity contribution in [2.24, 2.45) is 4.99 Å². The van der Waals surface area contributed by atoms with E-state index < -0.39 is 0 Å². The van der Waals surface area contributed by atoms with Crippen molar-refractivity contribution in [3.05, 3.63) is 24.3 Å². The highest BCUT2D eigenvalue weighted by molar-refractivity contribution is 5.95. The number of para-hydroxylation sites is 2. The van der Waals surface area contributed by atoms with E-state index in [0.717, 1.165) is 17.2 Å². The first-order chi connectivity index (χ1) is 9.54. The number of hydrogen-bond acceptors (Lipinski definition) is 3. The number of anilines is 1. The molecule has 5 heteroatoms. The molecule has 0 aliphatic rings. The molecule has 0 spiro atoms. The Labute approximate surface area is 120 Å². The number of nitrogens with zero attached hydrogens (tertiary/aromatic N) is 2. The van der Waals surface area contributed by atoms with E-state index in [-0.39, 0.29) is 5.91 Å². The Balaban J connectivity index is 2.75. The summed E-state index contributed by atoms with van der Waals surface area (Å²) in [7, 11) is 3.87. The highest BCUT2D eigenvalue weighted by Crippen LogP contribution is 2.24. The normalized spacial score (nSPS) is 11.3. The molecular formula is C15H23N3O2. The van der Waals surface area contributed by atoms with Crippen LogP contribution in [0.4, 0.5) is 11.4 Å². The molecule has 1 amide bonds. The van der Waals surface area contributed by atoms with Gasteiger partial charge in [0.1, 0.15) is 5.84 Å². The number of amidine groups is 1. The number of benzene rings is 1. The Morgan fingerprint density at radius 1 is 1.35 bits per heavy atom. The van der Waals surface area contributed by atoms with Crippen LogP contribution in [0.1, 0.15) is 20.3 Å². The summed E-state index contributed by atoms with van der Waals surface area (Å²) in [6.07, 6.45) is 0.346. The Hall–Kier alpha value is -1.88. The molecule has 20 heavy (non-hydrogen) atoms. The summed E-state index contributed by atoms with van der Waals surface area (Å²) < 4.78 is 5.17. The average molecular weight is 277 g/mol. The lowest BCUT2D eigenvalue weighted by Gasteiger charge is -2.13. The van der Waals surface area contributed by atoms with Crippen molar-refractivity contribution in [1.29, 1.82) is 0 Å². The molecule has 1 aromatic rings. The fourth-order valence-corrected chi connectivity index (χ4v) is 1.47. The molecule has 0 saturated carbocycles. The lowest BCUT2D eigenvalue weighted by molar-refractivity contribution is -0.117. The van der Waals surface area contributed by atoms with Crippen molar-refractivity contribution in [3.8, 4) is 0 Å². The number of ether oxygens (including phenoxy) is 1. The Bertz CT molecular complexity index is 470. The summed E-state index contributed by atoms with van der Waals surface area (Å²) in [5.41, 5.74) is 1.47. The molecule has 0 aliphatic heterocycles. The number of nitrogens with one attached hydrogen (secondary N) is 1. The maximum Gasteiger partial charge on any atom is 0.226 e. The van der Waals surface area contributed by atoms with Gasteiger partial charge in [-0.15, -0.1) is 0 Å². The number of carbonyl (C=O) groups excluding carboxylic acids is 1. The Morgan fingerprint density at radius 3 is 2.70 bits per heavy atom. The van der Waals surface area contributed by atoms with Gasteiger partial charge in [-0.2, -0.15) is 0 Å². The summed E-state index contributed by atoms with van der Waals surface area (Å²) in [6.45, 7) is 4.89. The number of carbonyl (C=O) groups is 1. The first-order valence-electron chi connectivity index (χ1n) is 6.73. The van der Waals surface area contributed by atoms with E-state index in [4.69, 9.17) is 4.74 Å². The maximum absolute atomic E-state index is 11.8. The van der Waals surface area contributed by atoms with Crippen molar-refractivity contribution < 1.29 is 9.53 Å². The molecular weight excluding hydrogens is 254 g/mol. The molecule has 0 saturated heterocycles. The van der Waals surface area contributed by atoms with Gasteiger partial charge in [-0.05, 0) is 26.0 Å². The molecule has 0 heterocycles. The fourth-order valence-electron chi connectivity index (χ4n) is 1.47. The summed E-state index contributed by atoms with van der Waals surface area (Å²) >= 11 is 0. The molecule has 110 valence electrons. The number of hydrogen-bond donors (Lipinski definition) is 1. The molecule has 1 aromatic carbocycles. The monoisotopic (exact) mass is 277 g/mol. The van der Waals surface area contributed by atoms with Crippen molar-refractivity contribution in [2.75, 3.05) is 32.6 Å². The molecule has 0 unspecified atom stereocenters. The SMILES string of the molecule is CCOCCC(=O)Nc1ccccc1N=C(C)N(C)C. The van der Waals surface area contributed by atoms with Crippen LogP contribution >= 0.6 is 0 Å². The van der Waals surface area contributed by atoms with Crippen LogP contribution in [0.5, 0.6) is 0 Å². The van der Waals surface area contributed by atoms with E-state index in [2.05, 4.69) is 10.3 Å². The van der Waals surface area contributed by atoms with Gasteiger partial charge in [-0.25, -0.2) is 4.99 Å². The minimum absolute atomic E-state index is 0.0661. The second-order valence-electron chi connectivity index (χ2n) is 4.57. The molecule has 5 nitrogen and oxygen atoms in total. The number of amides is 1. The van der Waals surface area contributed by atoms with Gasteiger partial charge in [-0.3, -0.25) is 4.79 Å². The van der Waals surface area contributed by atoms with E-state index in [0.29, 0.717) is 19.6 Å². The van der Waals surface area contributed by atoms with Crippen LogP contribution in [-0.4, -0.2) is 44.0 Å². The topological polar surface area (TPSA) is 53.9 Å². The van der Waals surface area contributed by atoms with E-state index >= 15 is 0 Å². The van der Waals surface area contributed by atoms with Crippen molar-refractivity contribution >= 4 is 23.1 Å². The third-order valence-electron chi connectivity index (χ3n) is 2.79. The zero-order chi connectivity index (χ0) is 15.0. The standard InChI is InChI=1S/C15H23N3O2/c1-5-20-11-10-15(19)17-14-9-7-6-8-13(14)16-12(2)18(3)4/h6-9H,5,10-11H2,1-4H3,(H,17,19). The van der Waals surface area contributed by atoms with Gasteiger partial charge >= 0.3 is 0 Å². The summed E-state index contributed by atoms with van der Waals surface area (Å²) in [5, 5.41) is 2.87. The van der Waals surface area contributed by atoms with Crippen LogP contribution in [0.25, 0.3) is 0 Å². The van der Waals surface area contributed by atoms with Gasteiger partial charge in [-0.1, -0.05) is 12.1 Å². The molecule has 0 aromatic heterocycles. The minimum atomic E-state index is -0.0661. The van der Waals surface area contributed by atoms with Crippen LogP contribution < -0.4 is 5.32 Å². The molecule has 1 rings (SSSR count). The number of aliphatic imine (C=N–C) groups is 1. The van der Waals surface area contributed by atoms with Gasteiger partial charge in [0.25, 0.3) is 0 Å². The minimum Gasteiger partial charge on any atom is -0.381 e. The molecule has 0 radical (unpaired) electrons. The summed E-state index contributed by atoms with van der Waals surface area (Å²) in [5.74, 6) is 0.810. The molecule has 0 aliphatic carbocycles. The Morgan fingerprint density at radius 2 is 2.05 bits per heavy atom. The quantitative estimate of drug-likeness (QED) is 0.494. The lowest BCUT2D eigenvalue weighted by Crippen LogP contribution is -2.18. The van der Waals surface area contributed by atoms with Crippen LogP contribution in [0.3, 0.4) is 0 Å². The van der Waals surface area contributed by atoms with Gasteiger partial charge in [0.2, 0.25) is 5.91 Å². The third-order valence-corrected chi connectivity index (χ3v) is 2.79. The predicted molar refractivity (Wildman–Crippen MR) is 82.6 cm³/mol. The maximum atomic E-state index is 11.8. The first kappa shape index (κ1) is 16.2. The van der Waals surface area contributed by atoms with E-state index in [1.807, 2.05) is 57.1 Å². The van der Waals surface area contributed by atoms with E-state index in [1.165, 1.54) is 0 Å². The molecule has 1 N–H and O–H groups in total. The van der Waals surface area contributed by atoms with Crippen LogP contribution in [0.15, 0.2) is 29.3 Å². The van der Waals surface area contributed by atoms with Crippen molar-refractivity contribution in [2.45, 2.75) is 20.3 Å². The lowest BCUT2D eigenvalue weighted by atomic mass is 10.2. The predicted octanol–water partition coefficient (Wildman–Crippen LogP) is 2.66. The van der Waals surface area contributed by atoms with Gasteiger partial charge in [0.05, 0.1) is 24.4 Å². The second kappa shape index (κ2) is 8.32. The highest BCUT2D eigenvalue weighted by atomic mass is 16.5. The first-order valence-corrected chi connectivity index (χ1v) is 6.73. The van der Waals surface area contributed by atoms with Gasteiger partial charge in [0, 0.05) is 20.7 Å². The van der Waals surface area contributed by atoms with E-state index in [1.54, 1.807) is 0 Å². The molecule has 0 bridgehead atoms. The summed E-state index contributed by atoms with van der Waals surface area (Å²) in [4.78, 5) is 18.2. The molecule has 0 fully saturated rings. The van der Waals surface area contributed by atoms with Crippen LogP contribution in [0, 0.1) is 0 Å². The largest absolute Gasteiger partial charge is 0.381 e. The smallest absolute Gasteiger partial charge is 0.226 e. The van der Waals surface area contributed by atoms with E-state index in [9.17, 15) is 4.79 Å². The summed E-state index contributed by atoms with van der Waals surface area (Å²) in [6, 6.07) is 7.51. The van der Waals surface area contributed by atoms with Crippen LogP contribution in [0.2, 0.25) is 0 Å². The Kier molecular flexibility index (Phi) is 6.73. The zero-order valence-corrected chi connectivity index (χ0v) is 12.6. The average Bonchev–Trinajstić information content (AvgIpc) is 2.41. The number of rotatable bonds is 6. The van der Waals surface area contributed by atoms with Crippen molar-refractivity contribution in [3.63, 3.8) is 0 Å². The zero-order valence-electron chi connectivity index (χ0n) is 12.6. The fraction of sp³-hybridized carbons (Fsp3) is 0.467.